The molecule has 2 aromatic heterocycles. The molecule has 120 heavy (non-hydrogen) atoms. The second kappa shape index (κ2) is 28.9. The molecular weight excluding hydrogens is 1450 g/mol. The van der Waals surface area contributed by atoms with Crippen molar-refractivity contribution in [1.82, 2.24) is 9.13 Å². The summed E-state index contributed by atoms with van der Waals surface area (Å²) < 4.78 is 4.78. The van der Waals surface area contributed by atoms with Crippen LogP contribution < -0.4 is 9.80 Å². The molecule has 0 amide bonds. The SMILES string of the molecule is c1ccc(N(c2c#cc(-c3ccc(-c4cccc5c(-c6cccc7cc(N(c8ccc9ccccc9c8)c8ccccc8-c8cccc(-c9cccc%10c9c9ccccc9n%10-c9ccccc9)c8)ccc67)cccc45)cc3)cc2)c2cc3ccccc3c3ccccc23)c(-c2cccc(-c3cccc4c3c3ccccc3n4-c3ccccc3)c2)c#1. The lowest BCUT2D eigenvalue weighted by molar-refractivity contribution is 1.18. The van der Waals surface area contributed by atoms with E-state index in [1.165, 1.54) is 104 Å². The molecule has 0 bridgehead atoms. The van der Waals surface area contributed by atoms with Crippen LogP contribution in [-0.4, -0.2) is 9.13 Å². The van der Waals surface area contributed by atoms with Crippen molar-refractivity contribution in [1.29, 1.82) is 0 Å². The number of hydrogen-bond acceptors (Lipinski definition) is 2. The van der Waals surface area contributed by atoms with Gasteiger partial charge >= 0.3 is 0 Å². The van der Waals surface area contributed by atoms with Gasteiger partial charge in [-0.3, -0.25) is 0 Å². The summed E-state index contributed by atoms with van der Waals surface area (Å²) in [6, 6.07) is 174. The molecule has 21 aromatic carbocycles. The maximum Gasteiger partial charge on any atom is 0.0974 e. The van der Waals surface area contributed by atoms with Gasteiger partial charge < -0.3 is 18.9 Å². The van der Waals surface area contributed by atoms with E-state index >= 15 is 0 Å². The first-order valence-corrected chi connectivity index (χ1v) is 41.0. The summed E-state index contributed by atoms with van der Waals surface area (Å²) in [6.45, 7) is 0. The summed E-state index contributed by atoms with van der Waals surface area (Å²) in [6.07, 6.45) is 0. The molecular formula is C116H72N4. The minimum Gasteiger partial charge on any atom is -0.310 e. The molecule has 0 atom stereocenters. The Morgan fingerprint density at radius 3 is 1.36 bits per heavy atom. The fourth-order valence-electron chi connectivity index (χ4n) is 18.9. The fraction of sp³-hybridized carbons (Fsp3) is 0. The summed E-state index contributed by atoms with van der Waals surface area (Å²) in [5.41, 5.74) is 28.5. The molecule has 0 aliphatic carbocycles. The van der Waals surface area contributed by atoms with E-state index in [2.05, 4.69) is 474 Å². The number of anilines is 6. The molecule has 0 saturated carbocycles. The van der Waals surface area contributed by atoms with Crippen LogP contribution in [0.5, 0.6) is 0 Å². The summed E-state index contributed by atoms with van der Waals surface area (Å²) in [5, 5.41) is 16.6. The van der Waals surface area contributed by atoms with Gasteiger partial charge in [-0.05, 0) is 237 Å². The lowest BCUT2D eigenvalue weighted by Crippen LogP contribution is -2.11. The van der Waals surface area contributed by atoms with Gasteiger partial charge in [0.1, 0.15) is 0 Å². The molecule has 2 heterocycles. The van der Waals surface area contributed by atoms with Gasteiger partial charge in [0.05, 0.1) is 50.4 Å². The van der Waals surface area contributed by atoms with E-state index in [9.17, 15) is 0 Å². The van der Waals surface area contributed by atoms with Crippen LogP contribution in [0.4, 0.5) is 34.1 Å². The molecule has 0 N–H and O–H groups in total. The third-order valence-electron chi connectivity index (χ3n) is 24.3. The second-order valence-corrected chi connectivity index (χ2v) is 31.1. The summed E-state index contributed by atoms with van der Waals surface area (Å²) >= 11 is 0. The quantitative estimate of drug-likeness (QED) is 0.0951. The van der Waals surface area contributed by atoms with Crippen LogP contribution in [0.25, 0.3) is 187 Å². The van der Waals surface area contributed by atoms with E-state index in [-0.39, 0.29) is 0 Å². The molecule has 23 rings (SSSR count). The van der Waals surface area contributed by atoms with Crippen LogP contribution in [0.1, 0.15) is 0 Å². The summed E-state index contributed by atoms with van der Waals surface area (Å²) in [5.74, 6) is 0. The average molecular weight is 1520 g/mol. The van der Waals surface area contributed by atoms with Crippen LogP contribution in [0.15, 0.2) is 437 Å². The molecule has 4 heteroatoms. The van der Waals surface area contributed by atoms with Gasteiger partial charge in [0.15, 0.2) is 0 Å². The van der Waals surface area contributed by atoms with E-state index < -0.39 is 0 Å². The molecule has 0 saturated heterocycles. The molecule has 0 aliphatic rings. The largest absolute Gasteiger partial charge is 0.310 e. The minimum atomic E-state index is 0.849. The summed E-state index contributed by atoms with van der Waals surface area (Å²) in [7, 11) is 0. The predicted molar refractivity (Wildman–Crippen MR) is 505 cm³/mol. The molecule has 0 unspecified atom stereocenters. The van der Waals surface area contributed by atoms with Gasteiger partial charge in [0, 0.05) is 60.8 Å². The first-order chi connectivity index (χ1) is 59.5. The second-order valence-electron chi connectivity index (χ2n) is 31.1. The van der Waals surface area contributed by atoms with Crippen molar-refractivity contribution >= 4 is 132 Å². The lowest BCUT2D eigenvalue weighted by atomic mass is 9.90. The number of aromatic nitrogens is 2. The van der Waals surface area contributed by atoms with Crippen LogP contribution in [0, 0.1) is 24.3 Å². The predicted octanol–water partition coefficient (Wildman–Crippen LogP) is 31.5. The molecule has 0 aliphatic heterocycles. The Morgan fingerprint density at radius 2 is 0.675 bits per heavy atom. The van der Waals surface area contributed by atoms with Gasteiger partial charge in [0.25, 0.3) is 0 Å². The normalized spacial score (nSPS) is 11.5. The maximum atomic E-state index is 3.75. The number of rotatable bonds is 15. The van der Waals surface area contributed by atoms with Crippen molar-refractivity contribution in [3.8, 4) is 89.3 Å². The van der Waals surface area contributed by atoms with E-state index in [1.54, 1.807) is 0 Å². The highest BCUT2D eigenvalue weighted by molar-refractivity contribution is 6.19. The van der Waals surface area contributed by atoms with Crippen molar-refractivity contribution in [2.75, 3.05) is 9.80 Å². The standard InChI is InChI=1S/C116H72N4/c1-3-36-88(37-4-1)118-110-56-19-15-45-106(110)115-98(48-26-58-112(115)118)84-33-21-31-82(72-84)96-41-13-17-54-108(96)117(91-69-66-77-28-7-8-29-81(77)74-91)92-70-71-95-86(75-92)35-23-50-101(95)104-53-25-51-100-93(47-24-52-103(100)104)80-62-60-78(61-63-80)79-64-67-90(68-65-79)120(114-76-87-30-9-10-40-94(87)102-43-11-12-44-105(102)114)109-55-18-14-42-97(109)83-32-22-34-85(73-83)99-49-27-59-113-116(99)107-46-16-20-57-111(107)119(113)89-38-5-2-6-39-89/h1-13,15-41,43-64,66-67,69-76H. The van der Waals surface area contributed by atoms with E-state index in [0.29, 0.717) is 0 Å². The van der Waals surface area contributed by atoms with Crippen molar-refractivity contribution < 1.29 is 0 Å². The summed E-state index contributed by atoms with van der Waals surface area (Å²) in [4.78, 5) is 4.80. The van der Waals surface area contributed by atoms with Crippen LogP contribution in [-0.2, 0) is 0 Å². The Morgan fingerprint density at radius 1 is 0.208 bits per heavy atom. The van der Waals surface area contributed by atoms with Gasteiger partial charge in [-0.2, -0.15) is 0 Å². The molecule has 23 aromatic rings. The highest BCUT2D eigenvalue weighted by atomic mass is 15.2. The van der Waals surface area contributed by atoms with Crippen molar-refractivity contribution in [3.05, 3.63) is 461 Å². The Hall–Kier alpha value is -16.2. The number of fused-ring (bicyclic) bond motifs is 12. The first kappa shape index (κ1) is 69.3. The van der Waals surface area contributed by atoms with E-state index in [1.807, 2.05) is 6.07 Å². The topological polar surface area (TPSA) is 16.3 Å². The van der Waals surface area contributed by atoms with Gasteiger partial charge in [0.2, 0.25) is 0 Å². The van der Waals surface area contributed by atoms with Crippen molar-refractivity contribution in [3.63, 3.8) is 0 Å². The molecule has 4 nitrogen and oxygen atoms in total. The molecule has 0 fully saturated rings. The average Bonchev–Trinajstić information content (AvgIpc) is 1.63. The van der Waals surface area contributed by atoms with E-state index in [4.69, 9.17) is 0 Å². The number of benzene rings is 19. The third-order valence-corrected chi connectivity index (χ3v) is 24.3. The van der Waals surface area contributed by atoms with Crippen molar-refractivity contribution in [2.24, 2.45) is 0 Å². The maximum absolute atomic E-state index is 3.75. The molecule has 556 valence electrons. The third kappa shape index (κ3) is 11.7. The Kier molecular flexibility index (Phi) is 16.7. The minimum absolute atomic E-state index is 0.849. The van der Waals surface area contributed by atoms with Gasteiger partial charge in [-0.1, -0.05) is 334 Å². The Balaban J connectivity index is 0.579. The fourth-order valence-corrected chi connectivity index (χ4v) is 18.9. The highest BCUT2D eigenvalue weighted by Gasteiger charge is 2.26. The Labute approximate surface area is 696 Å². The first-order valence-electron chi connectivity index (χ1n) is 41.0. The zero-order valence-electron chi connectivity index (χ0n) is 65.4. The zero-order chi connectivity index (χ0) is 79.1. The van der Waals surface area contributed by atoms with Crippen LogP contribution in [0.2, 0.25) is 0 Å². The number of hydrogen-bond donors (Lipinski definition) is 0. The lowest BCUT2D eigenvalue weighted by Gasteiger charge is -2.28. The van der Waals surface area contributed by atoms with Crippen LogP contribution in [0.3, 0.4) is 0 Å². The van der Waals surface area contributed by atoms with Crippen LogP contribution >= 0.6 is 0 Å². The molecule has 0 radical (unpaired) electrons. The zero-order valence-corrected chi connectivity index (χ0v) is 65.4. The number of para-hydroxylation sites is 5. The number of nitrogens with zero attached hydrogens (tertiary/aromatic N) is 4. The smallest absolute Gasteiger partial charge is 0.0974 e. The van der Waals surface area contributed by atoms with Crippen molar-refractivity contribution in [2.45, 2.75) is 0 Å². The molecule has 0 spiro atoms. The van der Waals surface area contributed by atoms with Gasteiger partial charge in [-0.25, -0.2) is 0 Å². The van der Waals surface area contributed by atoms with E-state index in [0.717, 1.165) is 117 Å². The highest BCUT2D eigenvalue weighted by Crippen LogP contribution is 2.50. The Bertz CT molecular complexity index is 7970. The van der Waals surface area contributed by atoms with Gasteiger partial charge in [-0.15, -0.1) is 0 Å². The monoisotopic (exact) mass is 1520 g/mol.